The van der Waals surface area contributed by atoms with E-state index in [1.807, 2.05) is 18.3 Å². The minimum Gasteiger partial charge on any atom is -0.310 e. The van der Waals surface area contributed by atoms with Gasteiger partial charge in [-0.15, -0.1) is 6.58 Å². The van der Waals surface area contributed by atoms with Gasteiger partial charge in [-0.3, -0.25) is 4.98 Å². The highest BCUT2D eigenvalue weighted by atomic mass is 14.9. The van der Waals surface area contributed by atoms with Crippen LogP contribution in [0.25, 0.3) is 10.9 Å². The fourth-order valence-electron chi connectivity index (χ4n) is 2.24. The molecule has 0 bridgehead atoms. The third kappa shape index (κ3) is 2.77. The van der Waals surface area contributed by atoms with E-state index in [0.29, 0.717) is 6.04 Å². The minimum atomic E-state index is 0.329. The fraction of sp³-hybridized carbons (Fsp3) is 0.312. The first kappa shape index (κ1) is 12.8. The molecule has 0 amide bonds. The SMILES string of the molecule is C=CCC(NCCC)c1cccc2ncccc12. The third-order valence-electron chi connectivity index (χ3n) is 3.10. The molecule has 2 heteroatoms. The normalized spacial score (nSPS) is 12.5. The molecule has 1 heterocycles. The molecule has 0 aliphatic rings. The van der Waals surface area contributed by atoms with Gasteiger partial charge < -0.3 is 5.32 Å². The number of pyridine rings is 1. The first-order chi connectivity index (χ1) is 8.86. The quantitative estimate of drug-likeness (QED) is 0.776. The summed E-state index contributed by atoms with van der Waals surface area (Å²) >= 11 is 0. The van der Waals surface area contributed by atoms with Gasteiger partial charge in [0.15, 0.2) is 0 Å². The Labute approximate surface area is 109 Å². The van der Waals surface area contributed by atoms with Crippen molar-refractivity contribution in [3.05, 3.63) is 54.7 Å². The predicted octanol–water partition coefficient (Wildman–Crippen LogP) is 3.85. The van der Waals surface area contributed by atoms with E-state index >= 15 is 0 Å². The standard InChI is InChI=1S/C16H20N2/c1-3-7-15(17-11-4-2)13-8-5-10-16-14(13)9-6-12-18-16/h3,5-6,8-10,12,15,17H,1,4,7,11H2,2H3. The highest BCUT2D eigenvalue weighted by Gasteiger charge is 2.11. The third-order valence-corrected chi connectivity index (χ3v) is 3.10. The van der Waals surface area contributed by atoms with Crippen LogP contribution in [0.3, 0.4) is 0 Å². The maximum Gasteiger partial charge on any atom is 0.0705 e. The Bertz CT molecular complexity index is 514. The number of nitrogens with one attached hydrogen (secondary N) is 1. The van der Waals surface area contributed by atoms with E-state index < -0.39 is 0 Å². The van der Waals surface area contributed by atoms with Gasteiger partial charge in [0.1, 0.15) is 0 Å². The highest BCUT2D eigenvalue weighted by molar-refractivity contribution is 5.82. The molecule has 0 fully saturated rings. The van der Waals surface area contributed by atoms with Gasteiger partial charge in [0.25, 0.3) is 0 Å². The molecule has 0 radical (unpaired) electrons. The molecular weight excluding hydrogens is 220 g/mol. The largest absolute Gasteiger partial charge is 0.310 e. The number of hydrogen-bond donors (Lipinski definition) is 1. The Morgan fingerprint density at radius 1 is 1.33 bits per heavy atom. The summed E-state index contributed by atoms with van der Waals surface area (Å²) in [6.07, 6.45) is 5.89. The number of aromatic nitrogens is 1. The monoisotopic (exact) mass is 240 g/mol. The molecule has 0 aliphatic heterocycles. The van der Waals surface area contributed by atoms with Gasteiger partial charge in [0, 0.05) is 17.6 Å². The molecule has 2 rings (SSSR count). The molecular formula is C16H20N2. The second-order valence-corrected chi connectivity index (χ2v) is 4.45. The number of nitrogens with zero attached hydrogens (tertiary/aromatic N) is 1. The Hall–Kier alpha value is -1.67. The summed E-state index contributed by atoms with van der Waals surface area (Å²) < 4.78 is 0. The van der Waals surface area contributed by atoms with E-state index in [9.17, 15) is 0 Å². The van der Waals surface area contributed by atoms with Crippen molar-refractivity contribution in [1.82, 2.24) is 10.3 Å². The van der Waals surface area contributed by atoms with Gasteiger partial charge in [-0.25, -0.2) is 0 Å². The van der Waals surface area contributed by atoms with E-state index in [-0.39, 0.29) is 0 Å². The number of hydrogen-bond acceptors (Lipinski definition) is 2. The first-order valence-electron chi connectivity index (χ1n) is 6.54. The van der Waals surface area contributed by atoms with Crippen molar-refractivity contribution in [2.45, 2.75) is 25.8 Å². The van der Waals surface area contributed by atoms with Crippen molar-refractivity contribution >= 4 is 10.9 Å². The van der Waals surface area contributed by atoms with Gasteiger partial charge >= 0.3 is 0 Å². The van der Waals surface area contributed by atoms with E-state index in [0.717, 1.165) is 24.9 Å². The molecule has 1 aromatic heterocycles. The summed E-state index contributed by atoms with van der Waals surface area (Å²) in [6.45, 7) is 7.06. The minimum absolute atomic E-state index is 0.329. The number of fused-ring (bicyclic) bond motifs is 1. The second kappa shape index (κ2) is 6.31. The van der Waals surface area contributed by atoms with Crippen LogP contribution in [0.4, 0.5) is 0 Å². The van der Waals surface area contributed by atoms with Crippen molar-refractivity contribution in [1.29, 1.82) is 0 Å². The van der Waals surface area contributed by atoms with Gasteiger partial charge in [-0.2, -0.15) is 0 Å². The zero-order chi connectivity index (χ0) is 12.8. The average Bonchev–Trinajstić information content (AvgIpc) is 2.43. The van der Waals surface area contributed by atoms with Gasteiger partial charge in [-0.1, -0.05) is 31.2 Å². The summed E-state index contributed by atoms with van der Waals surface area (Å²) in [5.41, 5.74) is 2.37. The lowest BCUT2D eigenvalue weighted by molar-refractivity contribution is 0.540. The second-order valence-electron chi connectivity index (χ2n) is 4.45. The summed E-state index contributed by atoms with van der Waals surface area (Å²) in [5, 5.41) is 4.81. The Morgan fingerprint density at radius 3 is 3.00 bits per heavy atom. The molecule has 2 aromatic rings. The summed E-state index contributed by atoms with van der Waals surface area (Å²) in [6, 6.07) is 10.8. The fourth-order valence-corrected chi connectivity index (χ4v) is 2.24. The van der Waals surface area contributed by atoms with Crippen molar-refractivity contribution in [3.8, 4) is 0 Å². The van der Waals surface area contributed by atoms with Gasteiger partial charge in [-0.05, 0) is 37.1 Å². The summed E-state index contributed by atoms with van der Waals surface area (Å²) in [4.78, 5) is 4.41. The zero-order valence-electron chi connectivity index (χ0n) is 10.9. The predicted molar refractivity (Wildman–Crippen MR) is 77.6 cm³/mol. The Morgan fingerprint density at radius 2 is 2.22 bits per heavy atom. The lowest BCUT2D eigenvalue weighted by atomic mass is 9.98. The van der Waals surface area contributed by atoms with E-state index in [1.54, 1.807) is 0 Å². The molecule has 0 aliphatic carbocycles. The molecule has 94 valence electrons. The molecule has 1 unspecified atom stereocenters. The molecule has 0 spiro atoms. The summed E-state index contributed by atoms with van der Waals surface area (Å²) in [7, 11) is 0. The molecule has 1 aromatic carbocycles. The van der Waals surface area contributed by atoms with Crippen molar-refractivity contribution in [3.63, 3.8) is 0 Å². The molecule has 1 atom stereocenters. The molecule has 2 nitrogen and oxygen atoms in total. The highest BCUT2D eigenvalue weighted by Crippen LogP contribution is 2.25. The van der Waals surface area contributed by atoms with Crippen LogP contribution in [-0.4, -0.2) is 11.5 Å². The molecule has 0 saturated carbocycles. The Balaban J connectivity index is 2.39. The van der Waals surface area contributed by atoms with Crippen LogP contribution >= 0.6 is 0 Å². The van der Waals surface area contributed by atoms with Gasteiger partial charge in [0.2, 0.25) is 0 Å². The van der Waals surface area contributed by atoms with E-state index in [4.69, 9.17) is 0 Å². The van der Waals surface area contributed by atoms with E-state index in [1.165, 1.54) is 10.9 Å². The van der Waals surface area contributed by atoms with Crippen molar-refractivity contribution in [2.75, 3.05) is 6.54 Å². The summed E-state index contributed by atoms with van der Waals surface area (Å²) in [5.74, 6) is 0. The van der Waals surface area contributed by atoms with Gasteiger partial charge in [0.05, 0.1) is 5.52 Å². The van der Waals surface area contributed by atoms with Crippen molar-refractivity contribution in [2.24, 2.45) is 0 Å². The van der Waals surface area contributed by atoms with Crippen LogP contribution in [0.5, 0.6) is 0 Å². The van der Waals surface area contributed by atoms with E-state index in [2.05, 4.69) is 48.1 Å². The number of rotatable bonds is 6. The lowest BCUT2D eigenvalue weighted by Gasteiger charge is -2.19. The van der Waals surface area contributed by atoms with Crippen LogP contribution in [0.1, 0.15) is 31.4 Å². The van der Waals surface area contributed by atoms with Crippen LogP contribution in [0.15, 0.2) is 49.2 Å². The zero-order valence-corrected chi connectivity index (χ0v) is 10.9. The maximum absolute atomic E-state index is 4.41. The van der Waals surface area contributed by atoms with Crippen LogP contribution < -0.4 is 5.32 Å². The maximum atomic E-state index is 4.41. The molecule has 0 saturated heterocycles. The van der Waals surface area contributed by atoms with Crippen LogP contribution in [-0.2, 0) is 0 Å². The average molecular weight is 240 g/mol. The number of benzene rings is 1. The lowest BCUT2D eigenvalue weighted by Crippen LogP contribution is -2.21. The van der Waals surface area contributed by atoms with Crippen LogP contribution in [0.2, 0.25) is 0 Å². The first-order valence-corrected chi connectivity index (χ1v) is 6.54. The van der Waals surface area contributed by atoms with Crippen molar-refractivity contribution < 1.29 is 0 Å². The molecule has 1 N–H and O–H groups in total. The topological polar surface area (TPSA) is 24.9 Å². The Kier molecular flexibility index (Phi) is 4.48. The molecule has 18 heavy (non-hydrogen) atoms. The smallest absolute Gasteiger partial charge is 0.0705 e. The van der Waals surface area contributed by atoms with Crippen LogP contribution in [0, 0.1) is 0 Å².